The van der Waals surface area contributed by atoms with Gasteiger partial charge in [0.15, 0.2) is 0 Å². The lowest BCUT2D eigenvalue weighted by atomic mass is 9.93. The van der Waals surface area contributed by atoms with E-state index in [1.54, 1.807) is 7.11 Å². The Morgan fingerprint density at radius 1 is 1.47 bits per heavy atom. The van der Waals surface area contributed by atoms with E-state index in [9.17, 15) is 4.79 Å². The van der Waals surface area contributed by atoms with Crippen LogP contribution in [-0.4, -0.2) is 32.2 Å². The Hall–Kier alpha value is -0.410. The van der Waals surface area contributed by atoms with Crippen molar-refractivity contribution in [3.8, 4) is 0 Å². The van der Waals surface area contributed by atoms with Gasteiger partial charge in [-0.25, -0.2) is 0 Å². The SMILES string of the molecule is COC(C)CCC(=O)CC1CCOCC1. The maximum absolute atomic E-state index is 11.6. The fraction of sp³-hybridized carbons (Fsp3) is 0.917. The van der Waals surface area contributed by atoms with Crippen LogP contribution in [0.3, 0.4) is 0 Å². The smallest absolute Gasteiger partial charge is 0.133 e. The van der Waals surface area contributed by atoms with Gasteiger partial charge in [0.25, 0.3) is 0 Å². The van der Waals surface area contributed by atoms with Crippen molar-refractivity contribution in [2.45, 2.75) is 45.1 Å². The number of ether oxygens (including phenoxy) is 2. The molecule has 0 amide bonds. The van der Waals surface area contributed by atoms with E-state index < -0.39 is 0 Å². The van der Waals surface area contributed by atoms with Crippen molar-refractivity contribution < 1.29 is 14.3 Å². The molecule has 1 fully saturated rings. The van der Waals surface area contributed by atoms with Gasteiger partial charge >= 0.3 is 0 Å². The first kappa shape index (κ1) is 12.7. The number of carbonyl (C=O) groups excluding carboxylic acids is 1. The molecule has 15 heavy (non-hydrogen) atoms. The number of hydrogen-bond donors (Lipinski definition) is 0. The molecule has 0 aliphatic carbocycles. The number of Topliss-reactive ketones (excluding diaryl/α,β-unsaturated/α-hetero) is 1. The van der Waals surface area contributed by atoms with Crippen LogP contribution in [0.15, 0.2) is 0 Å². The Labute approximate surface area is 92.1 Å². The van der Waals surface area contributed by atoms with Crippen molar-refractivity contribution in [2.75, 3.05) is 20.3 Å². The van der Waals surface area contributed by atoms with Crippen molar-refractivity contribution >= 4 is 5.78 Å². The minimum absolute atomic E-state index is 0.198. The van der Waals surface area contributed by atoms with Crippen LogP contribution in [0.2, 0.25) is 0 Å². The molecule has 1 unspecified atom stereocenters. The first-order chi connectivity index (χ1) is 7.22. The van der Waals surface area contributed by atoms with Gasteiger partial charge in [-0.2, -0.15) is 0 Å². The van der Waals surface area contributed by atoms with Gasteiger partial charge in [-0.1, -0.05) is 0 Å². The van der Waals surface area contributed by atoms with Crippen LogP contribution >= 0.6 is 0 Å². The zero-order valence-corrected chi connectivity index (χ0v) is 9.83. The first-order valence-electron chi connectivity index (χ1n) is 5.84. The average Bonchev–Trinajstić information content (AvgIpc) is 2.27. The van der Waals surface area contributed by atoms with Crippen LogP contribution in [-0.2, 0) is 14.3 Å². The highest BCUT2D eigenvalue weighted by molar-refractivity contribution is 5.78. The highest BCUT2D eigenvalue weighted by atomic mass is 16.5. The summed E-state index contributed by atoms with van der Waals surface area (Å²) in [5, 5.41) is 0. The molecule has 1 aliphatic rings. The maximum Gasteiger partial charge on any atom is 0.133 e. The second-order valence-electron chi connectivity index (χ2n) is 4.38. The summed E-state index contributed by atoms with van der Waals surface area (Å²) >= 11 is 0. The monoisotopic (exact) mass is 214 g/mol. The van der Waals surface area contributed by atoms with E-state index in [-0.39, 0.29) is 6.10 Å². The standard InChI is InChI=1S/C12H22O3/c1-10(14-2)3-4-12(13)9-11-5-7-15-8-6-11/h10-11H,3-9H2,1-2H3. The van der Waals surface area contributed by atoms with Crippen molar-refractivity contribution in [2.24, 2.45) is 5.92 Å². The lowest BCUT2D eigenvalue weighted by Crippen LogP contribution is -2.19. The fourth-order valence-corrected chi connectivity index (χ4v) is 1.86. The summed E-state index contributed by atoms with van der Waals surface area (Å²) in [5.41, 5.74) is 0. The van der Waals surface area contributed by atoms with Gasteiger partial charge in [0.2, 0.25) is 0 Å². The molecule has 1 saturated heterocycles. The molecule has 0 N–H and O–H groups in total. The minimum Gasteiger partial charge on any atom is -0.382 e. The summed E-state index contributed by atoms with van der Waals surface area (Å²) < 4.78 is 10.4. The summed E-state index contributed by atoms with van der Waals surface area (Å²) in [6.45, 7) is 3.65. The molecule has 0 aromatic rings. The normalized spacial score (nSPS) is 20.1. The summed E-state index contributed by atoms with van der Waals surface area (Å²) in [6, 6.07) is 0. The number of hydrogen-bond acceptors (Lipinski definition) is 3. The topological polar surface area (TPSA) is 35.5 Å². The fourth-order valence-electron chi connectivity index (χ4n) is 1.86. The summed E-state index contributed by atoms with van der Waals surface area (Å²) in [7, 11) is 1.69. The number of methoxy groups -OCH3 is 1. The molecule has 0 aromatic carbocycles. The van der Waals surface area contributed by atoms with Crippen LogP contribution in [0.5, 0.6) is 0 Å². The van der Waals surface area contributed by atoms with E-state index in [0.717, 1.165) is 38.9 Å². The van der Waals surface area contributed by atoms with E-state index in [1.807, 2.05) is 6.92 Å². The Balaban J connectivity index is 2.11. The van der Waals surface area contributed by atoms with Gasteiger partial charge in [-0.05, 0) is 32.1 Å². The van der Waals surface area contributed by atoms with E-state index in [4.69, 9.17) is 9.47 Å². The van der Waals surface area contributed by atoms with Crippen LogP contribution in [0.25, 0.3) is 0 Å². The third-order valence-corrected chi connectivity index (χ3v) is 3.09. The molecule has 1 atom stereocenters. The third kappa shape index (κ3) is 5.28. The predicted octanol–water partition coefficient (Wildman–Crippen LogP) is 2.19. The van der Waals surface area contributed by atoms with Crippen LogP contribution < -0.4 is 0 Å². The molecule has 1 heterocycles. The zero-order chi connectivity index (χ0) is 11.1. The van der Waals surface area contributed by atoms with Gasteiger partial charge < -0.3 is 9.47 Å². The maximum atomic E-state index is 11.6. The van der Waals surface area contributed by atoms with Crippen LogP contribution in [0, 0.1) is 5.92 Å². The van der Waals surface area contributed by atoms with E-state index in [1.165, 1.54) is 0 Å². The van der Waals surface area contributed by atoms with Crippen LogP contribution in [0.4, 0.5) is 0 Å². The quantitative estimate of drug-likeness (QED) is 0.680. The van der Waals surface area contributed by atoms with Crippen molar-refractivity contribution in [1.82, 2.24) is 0 Å². The molecule has 0 radical (unpaired) electrons. The second-order valence-corrected chi connectivity index (χ2v) is 4.38. The van der Waals surface area contributed by atoms with E-state index in [2.05, 4.69) is 0 Å². The average molecular weight is 214 g/mol. The number of carbonyl (C=O) groups is 1. The third-order valence-electron chi connectivity index (χ3n) is 3.09. The largest absolute Gasteiger partial charge is 0.382 e. The highest BCUT2D eigenvalue weighted by Gasteiger charge is 2.17. The van der Waals surface area contributed by atoms with Gasteiger partial charge in [-0.3, -0.25) is 4.79 Å². The van der Waals surface area contributed by atoms with Gasteiger partial charge in [0.05, 0.1) is 6.10 Å². The molecule has 0 bridgehead atoms. The first-order valence-corrected chi connectivity index (χ1v) is 5.84. The molecule has 0 spiro atoms. The summed E-state index contributed by atoms with van der Waals surface area (Å²) in [6.07, 6.45) is 4.53. The molecular formula is C12H22O3. The Kier molecular flexibility index (Phi) is 5.88. The molecule has 88 valence electrons. The van der Waals surface area contributed by atoms with Gasteiger partial charge in [0, 0.05) is 33.2 Å². The molecule has 1 aliphatic heterocycles. The van der Waals surface area contributed by atoms with Crippen molar-refractivity contribution in [1.29, 1.82) is 0 Å². The van der Waals surface area contributed by atoms with Crippen molar-refractivity contribution in [3.63, 3.8) is 0 Å². The lowest BCUT2D eigenvalue weighted by molar-refractivity contribution is -0.121. The molecule has 3 heteroatoms. The summed E-state index contributed by atoms with van der Waals surface area (Å²) in [5.74, 6) is 0.940. The number of ketones is 1. The van der Waals surface area contributed by atoms with E-state index >= 15 is 0 Å². The molecule has 0 aromatic heterocycles. The second kappa shape index (κ2) is 6.96. The molecule has 3 nitrogen and oxygen atoms in total. The molecular weight excluding hydrogens is 192 g/mol. The molecule has 1 rings (SSSR count). The van der Waals surface area contributed by atoms with Gasteiger partial charge in [0.1, 0.15) is 5.78 Å². The highest BCUT2D eigenvalue weighted by Crippen LogP contribution is 2.19. The zero-order valence-electron chi connectivity index (χ0n) is 9.83. The predicted molar refractivity (Wildman–Crippen MR) is 58.9 cm³/mol. The molecule has 0 saturated carbocycles. The minimum atomic E-state index is 0.198. The summed E-state index contributed by atoms with van der Waals surface area (Å²) in [4.78, 5) is 11.6. The Bertz CT molecular complexity index is 185. The Morgan fingerprint density at radius 3 is 2.73 bits per heavy atom. The lowest BCUT2D eigenvalue weighted by Gasteiger charge is -2.21. The number of rotatable bonds is 6. The van der Waals surface area contributed by atoms with Crippen LogP contribution in [0.1, 0.15) is 39.0 Å². The van der Waals surface area contributed by atoms with E-state index in [0.29, 0.717) is 18.1 Å². The van der Waals surface area contributed by atoms with Gasteiger partial charge in [-0.15, -0.1) is 0 Å². The van der Waals surface area contributed by atoms with Crippen molar-refractivity contribution in [3.05, 3.63) is 0 Å². The Morgan fingerprint density at radius 2 is 2.13 bits per heavy atom.